The molecule has 142 valence electrons. The molecule has 1 aliphatic rings. The lowest BCUT2D eigenvalue weighted by Crippen LogP contribution is -2.31. The largest absolute Gasteiger partial charge is 0.452 e. The van der Waals surface area contributed by atoms with E-state index in [1.165, 1.54) is 23.2 Å². The quantitative estimate of drug-likeness (QED) is 0.578. The zero-order chi connectivity index (χ0) is 19.5. The number of ether oxygens (including phenoxy) is 1. The summed E-state index contributed by atoms with van der Waals surface area (Å²) < 4.78 is 18.3. The molecule has 0 aliphatic carbocycles. The van der Waals surface area contributed by atoms with E-state index in [-0.39, 0.29) is 11.6 Å². The van der Waals surface area contributed by atoms with Crippen molar-refractivity contribution in [3.05, 3.63) is 80.4 Å². The van der Waals surface area contributed by atoms with Crippen molar-refractivity contribution in [3.8, 4) is 0 Å². The Kier molecular flexibility index (Phi) is 5.31. The number of hydrogen-bond acceptors (Lipinski definition) is 6. The number of benzene rings is 1. The van der Waals surface area contributed by atoms with Gasteiger partial charge in [-0.05, 0) is 41.1 Å². The molecule has 0 radical (unpaired) electrons. The van der Waals surface area contributed by atoms with Crippen LogP contribution in [0.1, 0.15) is 32.6 Å². The van der Waals surface area contributed by atoms with Gasteiger partial charge in [-0.2, -0.15) is 5.10 Å². The molecule has 3 aromatic rings. The number of thiophene rings is 2. The fourth-order valence-corrected chi connectivity index (χ4v) is 4.46. The molecule has 4 rings (SSSR count). The van der Waals surface area contributed by atoms with Gasteiger partial charge in [0.1, 0.15) is 5.82 Å². The summed E-state index contributed by atoms with van der Waals surface area (Å²) in [6, 6.07) is 12.7. The topological polar surface area (TPSA) is 59.0 Å². The molecule has 0 saturated heterocycles. The molecule has 0 fully saturated rings. The Labute approximate surface area is 168 Å². The molecule has 5 nitrogen and oxygen atoms in total. The standard InChI is InChI=1S/C20H15FN2O3S2/c21-14-5-1-4-13(10-14)20(25)26-12-19(24)23-16(18-7-3-9-28-18)11-15(22-23)17-6-2-8-27-17/h1-10,16H,11-12H2/t16-/m0/s1. The zero-order valence-corrected chi connectivity index (χ0v) is 16.2. The molecular formula is C20H15FN2O3S2. The number of hydrazone groups is 1. The first kappa shape index (κ1) is 18.5. The van der Waals surface area contributed by atoms with Gasteiger partial charge in [-0.15, -0.1) is 22.7 Å². The Balaban J connectivity index is 1.49. The highest BCUT2D eigenvalue weighted by Gasteiger charge is 2.34. The van der Waals surface area contributed by atoms with Gasteiger partial charge in [0.2, 0.25) is 0 Å². The van der Waals surface area contributed by atoms with Crippen LogP contribution >= 0.6 is 22.7 Å². The molecule has 1 amide bonds. The van der Waals surface area contributed by atoms with Gasteiger partial charge in [0, 0.05) is 11.3 Å². The van der Waals surface area contributed by atoms with Gasteiger partial charge >= 0.3 is 5.97 Å². The third-order valence-electron chi connectivity index (χ3n) is 4.23. The minimum Gasteiger partial charge on any atom is -0.452 e. The van der Waals surface area contributed by atoms with E-state index in [0.717, 1.165) is 21.5 Å². The Hall–Kier alpha value is -2.84. The van der Waals surface area contributed by atoms with E-state index in [2.05, 4.69) is 5.10 Å². The van der Waals surface area contributed by atoms with Crippen molar-refractivity contribution in [2.45, 2.75) is 12.5 Å². The van der Waals surface area contributed by atoms with Gasteiger partial charge in [-0.25, -0.2) is 14.2 Å². The number of esters is 1. The Bertz CT molecular complexity index is 1020. The molecule has 2 aromatic heterocycles. The smallest absolute Gasteiger partial charge is 0.338 e. The van der Waals surface area contributed by atoms with Crippen LogP contribution in [0.15, 0.2) is 64.4 Å². The van der Waals surface area contributed by atoms with Crippen LogP contribution in [0.4, 0.5) is 4.39 Å². The van der Waals surface area contributed by atoms with Crippen molar-refractivity contribution in [1.82, 2.24) is 5.01 Å². The van der Waals surface area contributed by atoms with E-state index in [0.29, 0.717) is 6.42 Å². The van der Waals surface area contributed by atoms with E-state index in [4.69, 9.17) is 4.74 Å². The van der Waals surface area contributed by atoms with Gasteiger partial charge < -0.3 is 4.74 Å². The molecule has 0 spiro atoms. The fraction of sp³-hybridized carbons (Fsp3) is 0.150. The van der Waals surface area contributed by atoms with E-state index in [1.54, 1.807) is 22.7 Å². The highest BCUT2D eigenvalue weighted by atomic mass is 32.1. The number of rotatable bonds is 5. The molecule has 1 aromatic carbocycles. The number of carbonyl (C=O) groups is 2. The molecule has 0 N–H and O–H groups in total. The fourth-order valence-electron chi connectivity index (χ4n) is 2.93. The first-order valence-electron chi connectivity index (χ1n) is 8.51. The minimum atomic E-state index is -0.748. The summed E-state index contributed by atoms with van der Waals surface area (Å²) in [7, 11) is 0. The van der Waals surface area contributed by atoms with Crippen LogP contribution < -0.4 is 0 Å². The second-order valence-electron chi connectivity index (χ2n) is 6.08. The number of hydrogen-bond donors (Lipinski definition) is 0. The van der Waals surface area contributed by atoms with Gasteiger partial charge in [-0.1, -0.05) is 18.2 Å². The number of carbonyl (C=O) groups excluding carboxylic acids is 2. The first-order chi connectivity index (χ1) is 13.6. The predicted molar refractivity (Wildman–Crippen MR) is 106 cm³/mol. The Morgan fingerprint density at radius 1 is 1.14 bits per heavy atom. The monoisotopic (exact) mass is 414 g/mol. The summed E-state index contributed by atoms with van der Waals surface area (Å²) in [4.78, 5) is 26.9. The maximum absolute atomic E-state index is 13.3. The van der Waals surface area contributed by atoms with Crippen LogP contribution in [0.5, 0.6) is 0 Å². The molecule has 0 unspecified atom stereocenters. The van der Waals surface area contributed by atoms with E-state index in [9.17, 15) is 14.0 Å². The molecule has 3 heterocycles. The van der Waals surface area contributed by atoms with E-state index >= 15 is 0 Å². The summed E-state index contributed by atoms with van der Waals surface area (Å²) in [5, 5.41) is 9.80. The molecule has 28 heavy (non-hydrogen) atoms. The normalized spacial score (nSPS) is 16.1. The lowest BCUT2D eigenvalue weighted by Gasteiger charge is -2.20. The van der Waals surface area contributed by atoms with Crippen molar-refractivity contribution in [2.24, 2.45) is 5.10 Å². The van der Waals surface area contributed by atoms with Crippen molar-refractivity contribution in [3.63, 3.8) is 0 Å². The maximum atomic E-state index is 13.3. The van der Waals surface area contributed by atoms with Gasteiger partial charge in [-0.3, -0.25) is 4.79 Å². The summed E-state index contributed by atoms with van der Waals surface area (Å²) in [6.07, 6.45) is 0.602. The second kappa shape index (κ2) is 8.04. The average Bonchev–Trinajstić information content (AvgIpc) is 3.46. The lowest BCUT2D eigenvalue weighted by molar-refractivity contribution is -0.136. The summed E-state index contributed by atoms with van der Waals surface area (Å²) in [6.45, 7) is -0.460. The van der Waals surface area contributed by atoms with Crippen molar-refractivity contribution in [1.29, 1.82) is 0 Å². The first-order valence-corrected chi connectivity index (χ1v) is 10.3. The highest BCUT2D eigenvalue weighted by molar-refractivity contribution is 7.12. The molecule has 8 heteroatoms. The van der Waals surface area contributed by atoms with Crippen LogP contribution in [0.2, 0.25) is 0 Å². The van der Waals surface area contributed by atoms with Crippen LogP contribution in [0.25, 0.3) is 0 Å². The lowest BCUT2D eigenvalue weighted by atomic mass is 10.1. The number of nitrogens with zero attached hydrogens (tertiary/aromatic N) is 2. The van der Waals surface area contributed by atoms with E-state index in [1.807, 2.05) is 35.0 Å². The number of halogens is 1. The van der Waals surface area contributed by atoms with Crippen LogP contribution in [-0.2, 0) is 9.53 Å². The highest BCUT2D eigenvalue weighted by Crippen LogP contribution is 2.35. The summed E-state index contributed by atoms with van der Waals surface area (Å²) in [5.74, 6) is -1.71. The third-order valence-corrected chi connectivity index (χ3v) is 6.12. The molecular weight excluding hydrogens is 399 g/mol. The molecule has 0 bridgehead atoms. The molecule has 1 atom stereocenters. The minimum absolute atomic E-state index is 0.0619. The maximum Gasteiger partial charge on any atom is 0.338 e. The van der Waals surface area contributed by atoms with Gasteiger partial charge in [0.25, 0.3) is 5.91 Å². The van der Waals surface area contributed by atoms with Crippen LogP contribution in [-0.4, -0.2) is 29.2 Å². The van der Waals surface area contributed by atoms with Crippen molar-refractivity contribution < 1.29 is 18.7 Å². The van der Waals surface area contributed by atoms with Crippen molar-refractivity contribution >= 4 is 40.3 Å². The zero-order valence-electron chi connectivity index (χ0n) is 14.6. The average molecular weight is 414 g/mol. The molecule has 1 aliphatic heterocycles. The van der Waals surface area contributed by atoms with Crippen LogP contribution in [0.3, 0.4) is 0 Å². The van der Waals surface area contributed by atoms with Crippen LogP contribution in [0, 0.1) is 5.82 Å². The summed E-state index contributed by atoms with van der Waals surface area (Å²) in [5.41, 5.74) is 0.894. The summed E-state index contributed by atoms with van der Waals surface area (Å²) >= 11 is 3.11. The number of amides is 1. The Morgan fingerprint density at radius 2 is 1.96 bits per heavy atom. The third kappa shape index (κ3) is 3.88. The predicted octanol–water partition coefficient (Wildman–Crippen LogP) is 4.48. The SMILES string of the molecule is O=C(OCC(=O)N1N=C(c2cccs2)C[C@H]1c1cccs1)c1cccc(F)c1. The Morgan fingerprint density at radius 3 is 2.68 bits per heavy atom. The second-order valence-corrected chi connectivity index (χ2v) is 8.01. The van der Waals surface area contributed by atoms with E-state index < -0.39 is 24.3 Å². The molecule has 0 saturated carbocycles. The van der Waals surface area contributed by atoms with Gasteiger partial charge in [0.05, 0.1) is 22.2 Å². The van der Waals surface area contributed by atoms with Crippen molar-refractivity contribution in [2.75, 3.05) is 6.61 Å². The van der Waals surface area contributed by atoms with Gasteiger partial charge in [0.15, 0.2) is 6.61 Å².